The molecular weight excluding hydrogens is 502 g/mol. The molecule has 39 heavy (non-hydrogen) atoms. The molecule has 3 aromatic carbocycles. The molecule has 4 aromatic rings. The van der Waals surface area contributed by atoms with Crippen LogP contribution in [0.25, 0.3) is 28.1 Å². The molecule has 0 aliphatic carbocycles. The van der Waals surface area contributed by atoms with Gasteiger partial charge in [-0.05, 0) is 89.5 Å². The first kappa shape index (κ1) is 25.4. The first-order valence-electron chi connectivity index (χ1n) is 13.6. The lowest BCUT2D eigenvalue weighted by Crippen LogP contribution is -2.18. The third kappa shape index (κ3) is 5.49. The predicted octanol–water partition coefficient (Wildman–Crippen LogP) is 8.22. The number of hydrogen-bond donors (Lipinski definition) is 0. The molecule has 0 spiro atoms. The van der Waals surface area contributed by atoms with E-state index in [-0.39, 0.29) is 6.23 Å². The average molecular weight is 534 g/mol. The highest BCUT2D eigenvalue weighted by atomic mass is 32.1. The Kier molecular flexibility index (Phi) is 7.48. The first-order chi connectivity index (χ1) is 19.2. The largest absolute Gasteiger partial charge is 0.356 e. The van der Waals surface area contributed by atoms with Gasteiger partial charge in [-0.3, -0.25) is 0 Å². The molecule has 0 radical (unpaired) electrons. The molecule has 0 amide bonds. The number of thiocarbonyl (C=S) groups is 1. The van der Waals surface area contributed by atoms with Crippen LogP contribution in [0.1, 0.15) is 67.5 Å². The van der Waals surface area contributed by atoms with Gasteiger partial charge in [0.25, 0.3) is 0 Å². The Morgan fingerprint density at radius 2 is 1.79 bits per heavy atom. The van der Waals surface area contributed by atoms with Crippen LogP contribution in [0.15, 0.2) is 90.2 Å². The van der Waals surface area contributed by atoms with Crippen LogP contribution in [0.2, 0.25) is 0 Å². The standard InChI is InChI=1S/C33H31N3O2S/c1-2-29(24-8-4-3-5-9-24)33(25-14-11-23(12-15-25)13-17-28-21-32(39)38-35-28)26-16-18-30-27(20-26)22-34-36(30)31-10-6-7-19-37-31/h3-5,8-9,11-18,20,22,31H,2,6-7,10,19,21H2,1H3/b17-13+,33-29+. The van der Waals surface area contributed by atoms with Gasteiger partial charge in [0, 0.05) is 12.0 Å². The fraction of sp³-hybridized carbons (Fsp3) is 0.242. The second-order valence-electron chi connectivity index (χ2n) is 9.94. The second-order valence-corrected chi connectivity index (χ2v) is 10.4. The Morgan fingerprint density at radius 1 is 0.974 bits per heavy atom. The van der Waals surface area contributed by atoms with Crippen molar-refractivity contribution in [1.29, 1.82) is 0 Å². The molecule has 0 saturated carbocycles. The minimum Gasteiger partial charge on any atom is -0.356 e. The molecule has 0 bridgehead atoms. The van der Waals surface area contributed by atoms with Gasteiger partial charge in [0.1, 0.15) is 0 Å². The molecule has 3 heterocycles. The summed E-state index contributed by atoms with van der Waals surface area (Å²) >= 11 is 5.07. The zero-order chi connectivity index (χ0) is 26.6. The number of ether oxygens (including phenoxy) is 1. The van der Waals surface area contributed by atoms with Gasteiger partial charge in [-0.2, -0.15) is 5.10 Å². The minimum atomic E-state index is 0.0190. The normalized spacial score (nSPS) is 18.3. The zero-order valence-corrected chi connectivity index (χ0v) is 22.9. The van der Waals surface area contributed by atoms with Crippen molar-refractivity contribution in [1.82, 2.24) is 9.78 Å². The summed E-state index contributed by atoms with van der Waals surface area (Å²) in [5, 5.41) is 10.4. The van der Waals surface area contributed by atoms with E-state index in [1.54, 1.807) is 0 Å². The maximum absolute atomic E-state index is 6.02. The van der Waals surface area contributed by atoms with Gasteiger partial charge in [-0.15, -0.1) is 0 Å². The van der Waals surface area contributed by atoms with Crippen molar-refractivity contribution in [2.45, 2.75) is 45.3 Å². The summed E-state index contributed by atoms with van der Waals surface area (Å²) in [5.41, 5.74) is 9.20. The summed E-state index contributed by atoms with van der Waals surface area (Å²) in [6, 6.07) is 26.1. The number of aromatic nitrogens is 2. The molecule has 1 fully saturated rings. The fourth-order valence-electron chi connectivity index (χ4n) is 5.40. The molecule has 1 aromatic heterocycles. The molecule has 6 heteroatoms. The number of rotatable bonds is 7. The van der Waals surface area contributed by atoms with Gasteiger partial charge < -0.3 is 9.57 Å². The van der Waals surface area contributed by atoms with E-state index < -0.39 is 0 Å². The minimum absolute atomic E-state index is 0.0190. The van der Waals surface area contributed by atoms with Gasteiger partial charge >= 0.3 is 0 Å². The van der Waals surface area contributed by atoms with Crippen molar-refractivity contribution < 1.29 is 9.57 Å². The molecule has 1 atom stereocenters. The van der Waals surface area contributed by atoms with Gasteiger partial charge in [0.05, 0.1) is 23.8 Å². The molecule has 0 N–H and O–H groups in total. The Hall–Kier alpha value is -3.87. The number of benzene rings is 3. The van der Waals surface area contributed by atoms with E-state index >= 15 is 0 Å². The van der Waals surface area contributed by atoms with Crippen molar-refractivity contribution in [3.8, 4) is 0 Å². The SMILES string of the molecule is CC/C(=C(/c1ccc(/C=C/C2=NOC(=S)C2)cc1)c1ccc2c(cnn2C2CCCCO2)c1)c1ccccc1. The van der Waals surface area contributed by atoms with Crippen molar-refractivity contribution >= 4 is 51.1 Å². The van der Waals surface area contributed by atoms with Crippen LogP contribution in [0.5, 0.6) is 0 Å². The van der Waals surface area contributed by atoms with E-state index in [1.807, 2.05) is 17.0 Å². The van der Waals surface area contributed by atoms with Crippen LogP contribution in [0.3, 0.4) is 0 Å². The van der Waals surface area contributed by atoms with Crippen LogP contribution >= 0.6 is 12.2 Å². The lowest BCUT2D eigenvalue weighted by atomic mass is 9.87. The molecule has 1 unspecified atom stereocenters. The van der Waals surface area contributed by atoms with Crippen molar-refractivity contribution in [3.63, 3.8) is 0 Å². The van der Waals surface area contributed by atoms with Crippen LogP contribution in [0.4, 0.5) is 0 Å². The second kappa shape index (κ2) is 11.5. The van der Waals surface area contributed by atoms with Crippen LogP contribution in [-0.2, 0) is 9.57 Å². The molecule has 2 aliphatic heterocycles. The molecule has 196 valence electrons. The highest BCUT2D eigenvalue weighted by Crippen LogP contribution is 2.36. The molecular formula is C33H31N3O2S. The van der Waals surface area contributed by atoms with Crippen molar-refractivity contribution in [2.24, 2.45) is 5.16 Å². The first-order valence-corrected chi connectivity index (χ1v) is 14.0. The van der Waals surface area contributed by atoms with E-state index in [2.05, 4.69) is 91.0 Å². The fourth-order valence-corrected chi connectivity index (χ4v) is 5.58. The highest BCUT2D eigenvalue weighted by molar-refractivity contribution is 7.80. The number of oxime groups is 1. The van der Waals surface area contributed by atoms with Gasteiger partial charge in [-0.1, -0.05) is 78.8 Å². The Balaban J connectivity index is 1.40. The van der Waals surface area contributed by atoms with E-state index in [9.17, 15) is 0 Å². The Morgan fingerprint density at radius 3 is 2.51 bits per heavy atom. The number of allylic oxidation sites excluding steroid dienone is 2. The Labute approximate surface area is 234 Å². The van der Waals surface area contributed by atoms with E-state index in [0.29, 0.717) is 11.5 Å². The summed E-state index contributed by atoms with van der Waals surface area (Å²) in [6.07, 6.45) is 10.8. The van der Waals surface area contributed by atoms with Crippen LogP contribution < -0.4 is 0 Å². The highest BCUT2D eigenvalue weighted by Gasteiger charge is 2.20. The lowest BCUT2D eigenvalue weighted by molar-refractivity contribution is -0.0366. The monoisotopic (exact) mass is 533 g/mol. The number of nitrogens with zero attached hydrogens (tertiary/aromatic N) is 3. The maximum Gasteiger partial charge on any atom is 0.204 e. The van der Waals surface area contributed by atoms with E-state index in [1.165, 1.54) is 34.3 Å². The maximum atomic E-state index is 6.02. The summed E-state index contributed by atoms with van der Waals surface area (Å²) in [7, 11) is 0. The third-order valence-electron chi connectivity index (χ3n) is 7.35. The Bertz CT molecular complexity index is 1580. The predicted molar refractivity (Wildman–Crippen MR) is 162 cm³/mol. The van der Waals surface area contributed by atoms with Gasteiger partial charge in [0.15, 0.2) is 6.23 Å². The van der Waals surface area contributed by atoms with Crippen LogP contribution in [0, 0.1) is 0 Å². The third-order valence-corrected chi connectivity index (χ3v) is 7.57. The lowest BCUT2D eigenvalue weighted by Gasteiger charge is -2.23. The van der Waals surface area contributed by atoms with Gasteiger partial charge in [0.2, 0.25) is 5.05 Å². The molecule has 2 aliphatic rings. The topological polar surface area (TPSA) is 48.6 Å². The number of hydrogen-bond acceptors (Lipinski definition) is 5. The molecule has 6 rings (SSSR count). The van der Waals surface area contributed by atoms with E-state index in [4.69, 9.17) is 26.9 Å². The summed E-state index contributed by atoms with van der Waals surface area (Å²) in [5.74, 6) is 0. The van der Waals surface area contributed by atoms with Crippen molar-refractivity contribution in [2.75, 3.05) is 6.61 Å². The summed E-state index contributed by atoms with van der Waals surface area (Å²) in [4.78, 5) is 5.05. The van der Waals surface area contributed by atoms with Gasteiger partial charge in [-0.25, -0.2) is 4.68 Å². The molecule has 1 saturated heterocycles. The molecule has 5 nitrogen and oxygen atoms in total. The van der Waals surface area contributed by atoms with Crippen LogP contribution in [-0.4, -0.2) is 27.1 Å². The van der Waals surface area contributed by atoms with Crippen molar-refractivity contribution in [3.05, 3.63) is 107 Å². The summed E-state index contributed by atoms with van der Waals surface area (Å²) in [6.45, 7) is 3.03. The number of fused-ring (bicyclic) bond motifs is 1. The average Bonchev–Trinajstić information content (AvgIpc) is 3.61. The smallest absolute Gasteiger partial charge is 0.204 e. The van der Waals surface area contributed by atoms with E-state index in [0.717, 1.165) is 48.0 Å². The summed E-state index contributed by atoms with van der Waals surface area (Å²) < 4.78 is 8.07. The quantitative estimate of drug-likeness (QED) is 0.177. The zero-order valence-electron chi connectivity index (χ0n) is 22.0.